The fraction of sp³-hybridized carbons (Fsp3) is 1.00. The van der Waals surface area contributed by atoms with Crippen LogP contribution in [0.15, 0.2) is 0 Å². The Hall–Kier alpha value is 0. The monoisotopic (exact) mass is 274 g/mol. The molecule has 0 spiro atoms. The van der Waals surface area contributed by atoms with Crippen LogP contribution in [-0.4, -0.2) is 0 Å². The molecule has 20 heavy (non-hydrogen) atoms. The van der Waals surface area contributed by atoms with Crippen LogP contribution < -0.4 is 0 Å². The van der Waals surface area contributed by atoms with E-state index < -0.39 is 0 Å². The first kappa shape index (κ1) is 13.6. The van der Waals surface area contributed by atoms with Crippen LogP contribution in [0.1, 0.15) is 85.0 Å². The van der Waals surface area contributed by atoms with E-state index in [9.17, 15) is 0 Å². The molecular weight excluding hydrogens is 240 g/mol. The smallest absolute Gasteiger partial charge is 0.0266 e. The van der Waals surface area contributed by atoms with Crippen molar-refractivity contribution in [2.24, 2.45) is 40.4 Å². The quantitative estimate of drug-likeness (QED) is 0.504. The van der Waals surface area contributed by atoms with Gasteiger partial charge in [-0.1, -0.05) is 33.6 Å². The summed E-state index contributed by atoms with van der Waals surface area (Å²) in [4.78, 5) is 0. The van der Waals surface area contributed by atoms with E-state index in [1.54, 1.807) is 38.5 Å². The van der Waals surface area contributed by atoms with Crippen molar-refractivity contribution in [1.29, 1.82) is 0 Å². The second-order valence-electron chi connectivity index (χ2n) is 9.53. The molecular formula is C20H34. The Labute approximate surface area is 126 Å². The van der Waals surface area contributed by atoms with Crippen LogP contribution >= 0.6 is 0 Å². The summed E-state index contributed by atoms with van der Waals surface area (Å²) in [7, 11) is 0. The Balaban J connectivity index is 1.66. The second-order valence-corrected chi connectivity index (χ2v) is 9.53. The molecule has 4 aliphatic rings. The first-order valence-corrected chi connectivity index (χ1v) is 9.55. The summed E-state index contributed by atoms with van der Waals surface area (Å²) in [6.07, 6.45) is 15.5. The summed E-state index contributed by atoms with van der Waals surface area (Å²) >= 11 is 0. The average Bonchev–Trinajstić information content (AvgIpc) is 2.74. The van der Waals surface area contributed by atoms with Crippen LogP contribution in [0.25, 0.3) is 0 Å². The molecule has 0 saturated heterocycles. The van der Waals surface area contributed by atoms with E-state index in [1.807, 2.05) is 0 Å². The van der Waals surface area contributed by atoms with E-state index in [-0.39, 0.29) is 0 Å². The average molecular weight is 274 g/mol. The highest BCUT2D eigenvalue weighted by atomic mass is 14.6. The minimum atomic E-state index is 0.721. The SMILES string of the molecule is CC1CC[C@@]2(C)CC[C@H]3[C@@H](CC[C@@H]4CCCC[C@@]43C)[C@H]12. The summed E-state index contributed by atoms with van der Waals surface area (Å²) < 4.78 is 0. The van der Waals surface area contributed by atoms with Crippen molar-refractivity contribution >= 4 is 0 Å². The van der Waals surface area contributed by atoms with Crippen LogP contribution in [0.3, 0.4) is 0 Å². The molecule has 114 valence electrons. The molecule has 0 aromatic carbocycles. The molecule has 4 rings (SSSR count). The number of hydrogen-bond donors (Lipinski definition) is 0. The predicted molar refractivity (Wildman–Crippen MR) is 85.5 cm³/mol. The molecule has 0 bridgehead atoms. The Kier molecular flexibility index (Phi) is 3.07. The van der Waals surface area contributed by atoms with Gasteiger partial charge in [0.15, 0.2) is 0 Å². The van der Waals surface area contributed by atoms with Crippen LogP contribution in [0.4, 0.5) is 0 Å². The lowest BCUT2D eigenvalue weighted by atomic mass is 9.45. The standard InChI is InChI=1S/C20H34/c1-14-9-12-19(2)13-10-17-16(18(14)19)8-7-15-6-4-5-11-20(15,17)3/h14-18H,4-13H2,1-3H3/t14?,15-,16+,17-,18-,19-,20-/m0/s1. The van der Waals surface area contributed by atoms with E-state index in [0.29, 0.717) is 0 Å². The van der Waals surface area contributed by atoms with E-state index in [2.05, 4.69) is 20.8 Å². The van der Waals surface area contributed by atoms with Crippen molar-refractivity contribution in [2.45, 2.75) is 85.0 Å². The molecule has 0 heterocycles. The highest BCUT2D eigenvalue weighted by Crippen LogP contribution is 2.67. The van der Waals surface area contributed by atoms with Crippen molar-refractivity contribution in [1.82, 2.24) is 0 Å². The molecule has 0 aliphatic heterocycles. The molecule has 0 N–H and O–H groups in total. The van der Waals surface area contributed by atoms with Gasteiger partial charge in [-0.05, 0) is 91.8 Å². The highest BCUT2D eigenvalue weighted by Gasteiger charge is 2.58. The molecule has 7 atom stereocenters. The third-order valence-corrected chi connectivity index (χ3v) is 8.74. The van der Waals surface area contributed by atoms with Gasteiger partial charge in [0.1, 0.15) is 0 Å². The molecule has 0 aromatic heterocycles. The molecule has 0 aromatic rings. The zero-order valence-corrected chi connectivity index (χ0v) is 14.0. The third kappa shape index (κ3) is 1.72. The first-order valence-electron chi connectivity index (χ1n) is 9.55. The molecule has 0 heteroatoms. The number of rotatable bonds is 0. The fourth-order valence-corrected chi connectivity index (χ4v) is 7.76. The topological polar surface area (TPSA) is 0 Å². The van der Waals surface area contributed by atoms with E-state index in [4.69, 9.17) is 0 Å². The van der Waals surface area contributed by atoms with Gasteiger partial charge in [0, 0.05) is 0 Å². The lowest BCUT2D eigenvalue weighted by Gasteiger charge is -2.60. The Morgan fingerprint density at radius 1 is 0.800 bits per heavy atom. The van der Waals surface area contributed by atoms with E-state index >= 15 is 0 Å². The third-order valence-electron chi connectivity index (χ3n) is 8.74. The molecule has 4 aliphatic carbocycles. The van der Waals surface area contributed by atoms with Gasteiger partial charge in [0.2, 0.25) is 0 Å². The van der Waals surface area contributed by atoms with Crippen LogP contribution in [-0.2, 0) is 0 Å². The minimum absolute atomic E-state index is 0.721. The maximum atomic E-state index is 2.70. The van der Waals surface area contributed by atoms with Crippen LogP contribution in [0.2, 0.25) is 0 Å². The molecule has 1 unspecified atom stereocenters. The molecule has 4 fully saturated rings. The van der Waals surface area contributed by atoms with E-state index in [0.717, 1.165) is 40.4 Å². The maximum absolute atomic E-state index is 2.70. The van der Waals surface area contributed by atoms with Crippen molar-refractivity contribution in [3.05, 3.63) is 0 Å². The number of fused-ring (bicyclic) bond motifs is 5. The molecule has 0 amide bonds. The van der Waals surface area contributed by atoms with Gasteiger partial charge < -0.3 is 0 Å². The first-order chi connectivity index (χ1) is 9.55. The summed E-state index contributed by atoms with van der Waals surface area (Å²) in [6, 6.07) is 0. The zero-order valence-electron chi connectivity index (χ0n) is 14.0. The van der Waals surface area contributed by atoms with Gasteiger partial charge in [-0.3, -0.25) is 0 Å². The van der Waals surface area contributed by atoms with Gasteiger partial charge in [0.05, 0.1) is 0 Å². The predicted octanol–water partition coefficient (Wildman–Crippen LogP) is 6.06. The van der Waals surface area contributed by atoms with Crippen molar-refractivity contribution in [2.75, 3.05) is 0 Å². The van der Waals surface area contributed by atoms with Crippen LogP contribution in [0.5, 0.6) is 0 Å². The largest absolute Gasteiger partial charge is 0.0622 e. The molecule has 0 nitrogen and oxygen atoms in total. The lowest BCUT2D eigenvalue weighted by Crippen LogP contribution is -2.52. The molecule has 4 saturated carbocycles. The summed E-state index contributed by atoms with van der Waals surface area (Å²) in [5.74, 6) is 5.34. The summed E-state index contributed by atoms with van der Waals surface area (Å²) in [5, 5.41) is 0. The Bertz CT molecular complexity index is 385. The van der Waals surface area contributed by atoms with Gasteiger partial charge in [-0.2, -0.15) is 0 Å². The normalized spacial score (nSPS) is 58.6. The maximum Gasteiger partial charge on any atom is -0.0266 e. The van der Waals surface area contributed by atoms with Gasteiger partial charge in [0.25, 0.3) is 0 Å². The van der Waals surface area contributed by atoms with E-state index in [1.165, 1.54) is 25.7 Å². The summed E-state index contributed by atoms with van der Waals surface area (Å²) in [5.41, 5.74) is 1.45. The van der Waals surface area contributed by atoms with Gasteiger partial charge in [-0.15, -0.1) is 0 Å². The number of hydrogen-bond acceptors (Lipinski definition) is 0. The zero-order chi connectivity index (χ0) is 14.0. The highest BCUT2D eigenvalue weighted by molar-refractivity contribution is 5.07. The van der Waals surface area contributed by atoms with Crippen molar-refractivity contribution in [3.63, 3.8) is 0 Å². The van der Waals surface area contributed by atoms with Crippen LogP contribution in [0, 0.1) is 40.4 Å². The second kappa shape index (κ2) is 4.50. The van der Waals surface area contributed by atoms with Gasteiger partial charge in [-0.25, -0.2) is 0 Å². The lowest BCUT2D eigenvalue weighted by molar-refractivity contribution is -0.110. The Morgan fingerprint density at radius 3 is 2.45 bits per heavy atom. The minimum Gasteiger partial charge on any atom is -0.0622 e. The molecule has 0 radical (unpaired) electrons. The summed E-state index contributed by atoms with van der Waals surface area (Å²) in [6.45, 7) is 7.93. The van der Waals surface area contributed by atoms with Crippen molar-refractivity contribution < 1.29 is 0 Å². The Morgan fingerprint density at radius 2 is 1.60 bits per heavy atom. The van der Waals surface area contributed by atoms with Gasteiger partial charge >= 0.3 is 0 Å². The van der Waals surface area contributed by atoms with Crippen molar-refractivity contribution in [3.8, 4) is 0 Å². The fourth-order valence-electron chi connectivity index (χ4n) is 7.76.